The Kier molecular flexibility index (Phi) is 15.7. The minimum absolute atomic E-state index is 0.647. The van der Waals surface area contributed by atoms with Gasteiger partial charge in [0.1, 0.15) is 0 Å². The summed E-state index contributed by atoms with van der Waals surface area (Å²) in [6, 6.07) is 117. The van der Waals surface area contributed by atoms with Gasteiger partial charge in [-0.3, -0.25) is 0 Å². The molecule has 448 valence electrons. The topological polar surface area (TPSA) is 98.1 Å². The molecule has 0 atom stereocenters. The van der Waals surface area contributed by atoms with E-state index in [0.717, 1.165) is 65.1 Å². The molecule has 18 rings (SSSR count). The van der Waals surface area contributed by atoms with Crippen molar-refractivity contribution in [2.75, 3.05) is 0 Å². The molecule has 0 aliphatic rings. The van der Waals surface area contributed by atoms with Gasteiger partial charge in [0.05, 0.1) is 16.7 Å². The Morgan fingerprint density at radius 2 is 0.568 bits per heavy atom. The van der Waals surface area contributed by atoms with E-state index >= 15 is 0 Å². The smallest absolute Gasteiger partial charge is 0.164 e. The summed E-state index contributed by atoms with van der Waals surface area (Å²) in [5, 5.41) is 9.52. The Balaban J connectivity index is 0.000000125. The number of nitrogens with zero attached hydrogens (tertiary/aromatic N) is 7. The zero-order valence-corrected chi connectivity index (χ0v) is 52.9. The highest BCUT2D eigenvalue weighted by Crippen LogP contribution is 2.42. The molecule has 0 fully saturated rings. The van der Waals surface area contributed by atoms with Crippen LogP contribution in [0.4, 0.5) is 0 Å². The molecule has 8 nitrogen and oxygen atoms in total. The number of fused-ring (bicyclic) bond motifs is 8. The molecule has 0 aliphatic carbocycles. The van der Waals surface area contributed by atoms with Crippen LogP contribution < -0.4 is 0 Å². The molecule has 95 heavy (non-hydrogen) atoms. The quantitative estimate of drug-likeness (QED) is 0.155. The molecule has 0 amide bonds. The zero-order chi connectivity index (χ0) is 63.4. The number of halogens is 1. The highest BCUT2D eigenvalue weighted by atomic mass is 79.9. The van der Waals surface area contributed by atoms with E-state index in [1.165, 1.54) is 65.9 Å². The van der Waals surface area contributed by atoms with Gasteiger partial charge in [-0.25, -0.2) is 29.9 Å². The minimum Gasteiger partial charge on any atom is -0.354 e. The Bertz CT molecular complexity index is 5670. The second-order valence-corrected chi connectivity index (χ2v) is 23.9. The first-order valence-electron chi connectivity index (χ1n) is 31.6. The highest BCUT2D eigenvalue weighted by molar-refractivity contribution is 9.10. The summed E-state index contributed by atoms with van der Waals surface area (Å²) in [6.07, 6.45) is 0. The average molecular weight is 1280 g/mol. The van der Waals surface area contributed by atoms with Crippen LogP contribution in [-0.4, -0.2) is 39.5 Å². The van der Waals surface area contributed by atoms with Crippen LogP contribution in [0, 0.1) is 0 Å². The van der Waals surface area contributed by atoms with Crippen molar-refractivity contribution in [2.45, 2.75) is 0 Å². The van der Waals surface area contributed by atoms with Crippen molar-refractivity contribution in [1.82, 2.24) is 39.5 Å². The lowest BCUT2D eigenvalue weighted by Gasteiger charge is -2.15. The van der Waals surface area contributed by atoms with E-state index in [0.29, 0.717) is 34.9 Å². The lowest BCUT2D eigenvalue weighted by molar-refractivity contribution is 1.08. The first kappa shape index (κ1) is 57.8. The minimum atomic E-state index is 0.647. The van der Waals surface area contributed by atoms with Gasteiger partial charge >= 0.3 is 0 Å². The van der Waals surface area contributed by atoms with Gasteiger partial charge in [0.25, 0.3) is 0 Å². The molecule has 0 aliphatic heterocycles. The number of aromatic nitrogens is 8. The van der Waals surface area contributed by atoms with Crippen molar-refractivity contribution < 1.29 is 0 Å². The predicted octanol–water partition coefficient (Wildman–Crippen LogP) is 22.6. The third kappa shape index (κ3) is 11.4. The maximum absolute atomic E-state index is 5.06. The monoisotopic (exact) mass is 1280 g/mol. The van der Waals surface area contributed by atoms with Crippen LogP contribution in [0.15, 0.2) is 344 Å². The molecule has 1 N–H and O–H groups in total. The molecular weight excluding hydrogens is 1220 g/mol. The van der Waals surface area contributed by atoms with Crippen LogP contribution in [0.5, 0.6) is 0 Å². The van der Waals surface area contributed by atoms with Crippen LogP contribution in [0.25, 0.3) is 161 Å². The fourth-order valence-corrected chi connectivity index (χ4v) is 13.4. The predicted molar refractivity (Wildman–Crippen MR) is 396 cm³/mol. The van der Waals surface area contributed by atoms with Gasteiger partial charge < -0.3 is 9.55 Å². The number of hydrogen-bond donors (Lipinski definition) is 1. The van der Waals surface area contributed by atoms with E-state index in [9.17, 15) is 0 Å². The summed E-state index contributed by atoms with van der Waals surface area (Å²) in [5.74, 6) is 3.95. The van der Waals surface area contributed by atoms with Crippen LogP contribution in [0.3, 0.4) is 0 Å². The maximum Gasteiger partial charge on any atom is 0.164 e. The summed E-state index contributed by atoms with van der Waals surface area (Å²) in [4.78, 5) is 33.0. The zero-order valence-electron chi connectivity index (χ0n) is 51.3. The van der Waals surface area contributed by atoms with Gasteiger partial charge in [0.2, 0.25) is 0 Å². The van der Waals surface area contributed by atoms with Crippen LogP contribution in [-0.2, 0) is 0 Å². The van der Waals surface area contributed by atoms with Gasteiger partial charge in [-0.2, -0.15) is 0 Å². The van der Waals surface area contributed by atoms with Crippen molar-refractivity contribution >= 4 is 81.1 Å². The average Bonchev–Trinajstić information content (AvgIpc) is 1.51. The number of nitrogens with one attached hydrogen (secondary N) is 1. The Hall–Kier alpha value is -12.3. The van der Waals surface area contributed by atoms with Crippen molar-refractivity contribution in [3.63, 3.8) is 0 Å². The fraction of sp³-hybridized carbons (Fsp3) is 0. The number of hydrogen-bond acceptors (Lipinski definition) is 6. The van der Waals surface area contributed by atoms with Gasteiger partial charge in [0.15, 0.2) is 34.9 Å². The Morgan fingerprint density at radius 3 is 1.07 bits per heavy atom. The number of para-hydroxylation sites is 2. The van der Waals surface area contributed by atoms with Gasteiger partial charge in [-0.05, 0) is 86.9 Å². The second-order valence-electron chi connectivity index (χ2n) is 23.1. The van der Waals surface area contributed by atoms with Gasteiger partial charge in [0, 0.05) is 75.8 Å². The first-order chi connectivity index (χ1) is 47.1. The van der Waals surface area contributed by atoms with Crippen LogP contribution in [0.2, 0.25) is 0 Å². The Morgan fingerprint density at radius 1 is 0.221 bits per heavy atom. The molecule has 4 heterocycles. The molecular formula is C86H57BrN8. The fourth-order valence-electron chi connectivity index (χ4n) is 12.9. The molecule has 9 heteroatoms. The second kappa shape index (κ2) is 25.8. The van der Waals surface area contributed by atoms with Gasteiger partial charge in [-0.15, -0.1) is 0 Å². The van der Waals surface area contributed by atoms with E-state index < -0.39 is 0 Å². The molecule has 0 unspecified atom stereocenters. The maximum atomic E-state index is 5.06. The van der Waals surface area contributed by atoms with Crippen LogP contribution >= 0.6 is 15.9 Å². The van der Waals surface area contributed by atoms with Crippen molar-refractivity contribution in [3.05, 3.63) is 344 Å². The molecule has 14 aromatic carbocycles. The first-order valence-corrected chi connectivity index (χ1v) is 32.4. The number of H-pyrrole nitrogens is 1. The third-order valence-electron chi connectivity index (χ3n) is 17.3. The lowest BCUT2D eigenvalue weighted by Crippen LogP contribution is -2.01. The Labute approximate surface area is 557 Å². The van der Waals surface area contributed by atoms with Gasteiger partial charge in [-0.1, -0.05) is 307 Å². The normalized spacial score (nSPS) is 11.2. The van der Waals surface area contributed by atoms with E-state index in [4.69, 9.17) is 29.9 Å². The standard InChI is InChI=1S/C43H28N4.C25H16BrN3.C18H13N/c1-4-15-29(16-5-1)32-24-14-26-39-40(32)36-23-12-13-25-37(36)47(39)38-28-27-35(33-21-10-11-22-34(33)38)43-45-41(30-17-6-2-7-18-30)44-42(46-43)31-19-8-3-9-20-31;26-22-16-15-21(19-13-7-8-14-20(19)22)25-28-23(17-9-3-1-4-10-17)27-24(29-25)18-11-5-2-6-12-18;1-2-7-13(8-3-1)14-10-6-12-17-18(14)15-9-4-5-11-16(15)19-17/h1-28H;1-16H;1-12,19H. The summed E-state index contributed by atoms with van der Waals surface area (Å²) >= 11 is 3.65. The lowest BCUT2D eigenvalue weighted by atomic mass is 9.99. The van der Waals surface area contributed by atoms with E-state index in [1.54, 1.807) is 0 Å². The molecule has 0 bridgehead atoms. The largest absolute Gasteiger partial charge is 0.354 e. The van der Waals surface area contributed by atoms with E-state index in [2.05, 4.69) is 226 Å². The van der Waals surface area contributed by atoms with Crippen molar-refractivity contribution in [2.24, 2.45) is 0 Å². The molecule has 0 spiro atoms. The number of aromatic amines is 1. The summed E-state index contributed by atoms with van der Waals surface area (Å²) in [6.45, 7) is 0. The molecule has 0 saturated carbocycles. The molecule has 4 aromatic heterocycles. The summed E-state index contributed by atoms with van der Waals surface area (Å²) in [7, 11) is 0. The highest BCUT2D eigenvalue weighted by Gasteiger charge is 2.21. The molecule has 0 saturated heterocycles. The van der Waals surface area contributed by atoms with E-state index in [-0.39, 0.29) is 0 Å². The number of rotatable bonds is 9. The molecule has 0 radical (unpaired) electrons. The summed E-state index contributed by atoms with van der Waals surface area (Å²) < 4.78 is 3.46. The van der Waals surface area contributed by atoms with Crippen molar-refractivity contribution in [1.29, 1.82) is 0 Å². The third-order valence-corrected chi connectivity index (χ3v) is 18.0. The van der Waals surface area contributed by atoms with Crippen molar-refractivity contribution in [3.8, 4) is 96.3 Å². The SMILES string of the molecule is Brc1ccc(-c2nc(-c3ccccc3)nc(-c3ccccc3)n2)c2ccccc12.c1ccc(-c2cccc3[nH]c4ccccc4c23)cc1.c1ccc(-c2nc(-c3ccccc3)nc(-c3ccc(-n4c5ccccc5c5c(-c6ccccc6)cccc54)c4ccccc34)n2)cc1. The number of benzene rings is 14. The van der Waals surface area contributed by atoms with Crippen LogP contribution in [0.1, 0.15) is 0 Å². The summed E-state index contributed by atoms with van der Waals surface area (Å²) in [5.41, 5.74) is 16.6. The van der Waals surface area contributed by atoms with E-state index in [1.807, 2.05) is 140 Å². The molecule has 18 aromatic rings.